The van der Waals surface area contributed by atoms with Crippen molar-refractivity contribution in [2.24, 2.45) is 12.8 Å². The molecule has 2 aromatic rings. The third-order valence-corrected chi connectivity index (χ3v) is 4.03. The third kappa shape index (κ3) is 2.89. The van der Waals surface area contributed by atoms with Crippen LogP contribution in [0.2, 0.25) is 0 Å². The summed E-state index contributed by atoms with van der Waals surface area (Å²) in [5, 5.41) is 7.53. The molecule has 0 aliphatic heterocycles. The Morgan fingerprint density at radius 3 is 2.45 bits per heavy atom. The molecule has 1 atom stereocenters. The molecule has 4 nitrogen and oxygen atoms in total. The van der Waals surface area contributed by atoms with E-state index in [1.165, 1.54) is 16.8 Å². The summed E-state index contributed by atoms with van der Waals surface area (Å²) in [5.74, 6) is 0. The van der Waals surface area contributed by atoms with Gasteiger partial charge in [0, 0.05) is 11.5 Å². The molecular formula is C11H9Br2F3N4. The standard InChI is InChI=1S/C11H9Br2F3N4/c1-20-9(10(13)18-19-20)8(17)5-2-3-7(12)6(4-5)11(14,15)16/h2-4,8H,17H2,1H3. The predicted molar refractivity (Wildman–Crippen MR) is 73.9 cm³/mol. The Labute approximate surface area is 129 Å². The lowest BCUT2D eigenvalue weighted by atomic mass is 10.0. The molecule has 0 bridgehead atoms. The van der Waals surface area contributed by atoms with E-state index in [1.54, 1.807) is 7.05 Å². The van der Waals surface area contributed by atoms with E-state index in [0.717, 1.165) is 6.07 Å². The SMILES string of the molecule is Cn1nnc(Br)c1C(N)c1ccc(Br)c(C(F)(F)F)c1. The molecule has 0 aliphatic carbocycles. The van der Waals surface area contributed by atoms with E-state index in [2.05, 4.69) is 42.2 Å². The van der Waals surface area contributed by atoms with Crippen molar-refractivity contribution in [2.45, 2.75) is 12.2 Å². The largest absolute Gasteiger partial charge is 0.417 e. The Kier molecular flexibility index (Phi) is 4.22. The Balaban J connectivity index is 2.49. The zero-order valence-electron chi connectivity index (χ0n) is 10.1. The molecule has 20 heavy (non-hydrogen) atoms. The molecule has 0 spiro atoms. The van der Waals surface area contributed by atoms with Crippen LogP contribution in [0, 0.1) is 0 Å². The van der Waals surface area contributed by atoms with Crippen LogP contribution < -0.4 is 5.73 Å². The van der Waals surface area contributed by atoms with E-state index in [0.29, 0.717) is 15.9 Å². The first-order chi connectivity index (χ1) is 9.21. The average Bonchev–Trinajstić information content (AvgIpc) is 2.67. The van der Waals surface area contributed by atoms with Crippen molar-refractivity contribution < 1.29 is 13.2 Å². The topological polar surface area (TPSA) is 56.7 Å². The molecule has 0 fully saturated rings. The van der Waals surface area contributed by atoms with Crippen molar-refractivity contribution >= 4 is 31.9 Å². The van der Waals surface area contributed by atoms with E-state index in [1.807, 2.05) is 0 Å². The fourth-order valence-electron chi connectivity index (χ4n) is 1.78. The van der Waals surface area contributed by atoms with Crippen LogP contribution in [0.25, 0.3) is 0 Å². The minimum Gasteiger partial charge on any atom is -0.319 e. The van der Waals surface area contributed by atoms with E-state index in [4.69, 9.17) is 5.73 Å². The van der Waals surface area contributed by atoms with Crippen LogP contribution in [0.1, 0.15) is 22.9 Å². The fourth-order valence-corrected chi connectivity index (χ4v) is 2.83. The zero-order chi connectivity index (χ0) is 15.1. The molecule has 0 saturated heterocycles. The highest BCUT2D eigenvalue weighted by molar-refractivity contribution is 9.10. The van der Waals surface area contributed by atoms with Crippen LogP contribution in [0.5, 0.6) is 0 Å². The van der Waals surface area contributed by atoms with E-state index >= 15 is 0 Å². The van der Waals surface area contributed by atoms with Gasteiger partial charge >= 0.3 is 6.18 Å². The molecule has 9 heteroatoms. The molecular weight excluding hydrogens is 405 g/mol. The van der Waals surface area contributed by atoms with Crippen LogP contribution in [0.4, 0.5) is 13.2 Å². The summed E-state index contributed by atoms with van der Waals surface area (Å²) < 4.78 is 40.5. The fraction of sp³-hybridized carbons (Fsp3) is 0.273. The number of benzene rings is 1. The maximum absolute atomic E-state index is 12.9. The number of aromatic nitrogens is 3. The molecule has 1 aromatic heterocycles. The third-order valence-electron chi connectivity index (χ3n) is 2.78. The molecule has 0 radical (unpaired) electrons. The highest BCUT2D eigenvalue weighted by Crippen LogP contribution is 2.37. The number of halogens is 5. The van der Waals surface area contributed by atoms with Crippen LogP contribution in [0.3, 0.4) is 0 Å². The van der Waals surface area contributed by atoms with Gasteiger partial charge in [0.2, 0.25) is 0 Å². The molecule has 0 saturated carbocycles. The van der Waals surface area contributed by atoms with Crippen molar-refractivity contribution in [1.29, 1.82) is 0 Å². The molecule has 0 aliphatic rings. The number of nitrogens with zero attached hydrogens (tertiary/aromatic N) is 3. The Morgan fingerprint density at radius 2 is 1.95 bits per heavy atom. The van der Waals surface area contributed by atoms with Crippen LogP contribution >= 0.6 is 31.9 Å². The van der Waals surface area contributed by atoms with Gasteiger partial charge in [0.15, 0.2) is 4.60 Å². The number of rotatable bonds is 2. The highest BCUT2D eigenvalue weighted by Gasteiger charge is 2.34. The lowest BCUT2D eigenvalue weighted by molar-refractivity contribution is -0.138. The van der Waals surface area contributed by atoms with Gasteiger partial charge in [-0.15, -0.1) is 5.10 Å². The minimum atomic E-state index is -4.45. The van der Waals surface area contributed by atoms with Crippen LogP contribution in [0.15, 0.2) is 27.3 Å². The van der Waals surface area contributed by atoms with Gasteiger partial charge in [-0.2, -0.15) is 13.2 Å². The normalized spacial score (nSPS) is 13.6. The second-order valence-corrected chi connectivity index (χ2v) is 5.71. The summed E-state index contributed by atoms with van der Waals surface area (Å²) in [6, 6.07) is 3.12. The first kappa shape index (κ1) is 15.5. The molecule has 1 unspecified atom stereocenters. The number of hydrogen-bond acceptors (Lipinski definition) is 3. The highest BCUT2D eigenvalue weighted by atomic mass is 79.9. The Bertz CT molecular complexity index is 620. The van der Waals surface area contributed by atoms with E-state index < -0.39 is 17.8 Å². The lowest BCUT2D eigenvalue weighted by Crippen LogP contribution is -2.17. The Morgan fingerprint density at radius 1 is 1.30 bits per heavy atom. The van der Waals surface area contributed by atoms with Crippen LogP contribution in [-0.2, 0) is 13.2 Å². The van der Waals surface area contributed by atoms with Gasteiger partial charge in [-0.25, -0.2) is 4.68 Å². The summed E-state index contributed by atoms with van der Waals surface area (Å²) in [5.41, 5.74) is 6.07. The van der Waals surface area contributed by atoms with E-state index in [-0.39, 0.29) is 4.47 Å². The number of alkyl halides is 3. The summed E-state index contributed by atoms with van der Waals surface area (Å²) in [6.07, 6.45) is -4.45. The van der Waals surface area contributed by atoms with Gasteiger partial charge in [0.1, 0.15) is 0 Å². The van der Waals surface area contributed by atoms with Gasteiger partial charge in [0.25, 0.3) is 0 Å². The molecule has 2 N–H and O–H groups in total. The summed E-state index contributed by atoms with van der Waals surface area (Å²) in [4.78, 5) is 0. The predicted octanol–water partition coefficient (Wildman–Crippen LogP) is 3.41. The summed E-state index contributed by atoms with van der Waals surface area (Å²) in [6.45, 7) is 0. The maximum Gasteiger partial charge on any atom is 0.417 e. The minimum absolute atomic E-state index is 0.0249. The lowest BCUT2D eigenvalue weighted by Gasteiger charge is -2.16. The molecule has 2 rings (SSSR count). The smallest absolute Gasteiger partial charge is 0.319 e. The van der Waals surface area contributed by atoms with Gasteiger partial charge in [-0.1, -0.05) is 27.2 Å². The second-order valence-electron chi connectivity index (χ2n) is 4.10. The summed E-state index contributed by atoms with van der Waals surface area (Å²) in [7, 11) is 1.62. The van der Waals surface area contributed by atoms with Crippen molar-refractivity contribution in [3.8, 4) is 0 Å². The summed E-state index contributed by atoms with van der Waals surface area (Å²) >= 11 is 6.07. The zero-order valence-corrected chi connectivity index (χ0v) is 13.3. The monoisotopic (exact) mass is 412 g/mol. The van der Waals surface area contributed by atoms with Gasteiger partial charge in [0.05, 0.1) is 17.3 Å². The quantitative estimate of drug-likeness (QED) is 0.820. The van der Waals surface area contributed by atoms with E-state index in [9.17, 15) is 13.2 Å². The molecule has 108 valence electrons. The number of nitrogens with two attached hydrogens (primary N) is 1. The van der Waals surface area contributed by atoms with Crippen molar-refractivity contribution in [2.75, 3.05) is 0 Å². The number of aryl methyl sites for hydroxylation is 1. The molecule has 0 amide bonds. The van der Waals surface area contributed by atoms with Crippen LogP contribution in [-0.4, -0.2) is 15.0 Å². The van der Waals surface area contributed by atoms with Gasteiger partial charge in [-0.05, 0) is 33.6 Å². The van der Waals surface area contributed by atoms with Crippen molar-refractivity contribution in [3.63, 3.8) is 0 Å². The van der Waals surface area contributed by atoms with Crippen molar-refractivity contribution in [3.05, 3.63) is 44.1 Å². The number of hydrogen-bond donors (Lipinski definition) is 1. The van der Waals surface area contributed by atoms with Gasteiger partial charge < -0.3 is 5.73 Å². The second kappa shape index (κ2) is 5.45. The molecule has 1 heterocycles. The first-order valence-electron chi connectivity index (χ1n) is 5.39. The van der Waals surface area contributed by atoms with Crippen molar-refractivity contribution in [1.82, 2.24) is 15.0 Å². The average molecular weight is 414 g/mol. The Hall–Kier alpha value is -0.930. The molecule has 1 aromatic carbocycles. The maximum atomic E-state index is 12.9. The first-order valence-corrected chi connectivity index (χ1v) is 6.97. The van der Waals surface area contributed by atoms with Gasteiger partial charge in [-0.3, -0.25) is 0 Å².